The predicted molar refractivity (Wildman–Crippen MR) is 93.1 cm³/mol. The van der Waals surface area contributed by atoms with E-state index in [1.807, 2.05) is 6.07 Å². The maximum absolute atomic E-state index is 13.3. The molecule has 2 aromatic rings. The molecule has 4 heteroatoms. The summed E-state index contributed by atoms with van der Waals surface area (Å²) >= 11 is 0. The van der Waals surface area contributed by atoms with Crippen LogP contribution in [-0.2, 0) is 6.54 Å². The fraction of sp³-hybridized carbons (Fsp3) is 0.250. The van der Waals surface area contributed by atoms with Gasteiger partial charge in [-0.15, -0.1) is 0 Å². The van der Waals surface area contributed by atoms with Gasteiger partial charge in [0.05, 0.1) is 0 Å². The molecule has 2 heterocycles. The molecule has 0 fully saturated rings. The van der Waals surface area contributed by atoms with Crippen molar-refractivity contribution in [1.29, 1.82) is 0 Å². The summed E-state index contributed by atoms with van der Waals surface area (Å²) in [5, 5.41) is 2.88. The number of hydrogen-bond donors (Lipinski definition) is 1. The van der Waals surface area contributed by atoms with Crippen LogP contribution in [0.3, 0.4) is 0 Å². The highest BCUT2D eigenvalue weighted by atomic mass is 19.1. The zero-order chi connectivity index (χ0) is 16.7. The van der Waals surface area contributed by atoms with Crippen LogP contribution >= 0.6 is 0 Å². The molecule has 0 bridgehead atoms. The molecule has 3 nitrogen and oxygen atoms in total. The van der Waals surface area contributed by atoms with Crippen LogP contribution in [0.5, 0.6) is 0 Å². The second-order valence-corrected chi connectivity index (χ2v) is 6.50. The smallest absolute Gasteiger partial charge is 0.251 e. The maximum atomic E-state index is 13.3. The zero-order valence-electron chi connectivity index (χ0n) is 13.6. The van der Waals surface area contributed by atoms with Crippen molar-refractivity contribution >= 4 is 11.5 Å². The first-order valence-corrected chi connectivity index (χ1v) is 8.21. The van der Waals surface area contributed by atoms with Gasteiger partial charge in [0, 0.05) is 25.2 Å². The Bertz CT molecular complexity index is 839. The van der Waals surface area contributed by atoms with Crippen LogP contribution in [0, 0.1) is 5.82 Å². The van der Waals surface area contributed by atoms with E-state index in [0.29, 0.717) is 6.54 Å². The number of nitrogens with one attached hydrogen (secondary N) is 1. The van der Waals surface area contributed by atoms with Crippen LogP contribution in [0.1, 0.15) is 27.9 Å². The van der Waals surface area contributed by atoms with Crippen LogP contribution in [0.25, 0.3) is 16.7 Å². The standard InChI is InChI=1S/C20H19FN2O/c1-23-8-2-3-14(12-23)17-9-15-11-22-20(24)19(15)10-18(17)13-4-6-16(21)7-5-13/h3-7,9-10H,2,8,11-12H2,1H3,(H,22,24). The lowest BCUT2D eigenvalue weighted by atomic mass is 9.89. The molecule has 2 aliphatic rings. The van der Waals surface area contributed by atoms with Gasteiger partial charge in [-0.25, -0.2) is 4.39 Å². The Labute approximate surface area is 140 Å². The number of carbonyl (C=O) groups excluding carboxylic acids is 1. The Morgan fingerprint density at radius 3 is 2.62 bits per heavy atom. The largest absolute Gasteiger partial charge is 0.348 e. The number of amides is 1. The van der Waals surface area contributed by atoms with Gasteiger partial charge in [-0.05, 0) is 65.6 Å². The van der Waals surface area contributed by atoms with E-state index in [0.717, 1.165) is 47.3 Å². The van der Waals surface area contributed by atoms with Crippen molar-refractivity contribution in [2.24, 2.45) is 0 Å². The van der Waals surface area contributed by atoms with Crippen molar-refractivity contribution in [2.75, 3.05) is 20.1 Å². The molecule has 24 heavy (non-hydrogen) atoms. The number of nitrogens with zero attached hydrogens (tertiary/aromatic N) is 1. The fourth-order valence-electron chi connectivity index (χ4n) is 3.50. The summed E-state index contributed by atoms with van der Waals surface area (Å²) in [7, 11) is 2.11. The summed E-state index contributed by atoms with van der Waals surface area (Å²) < 4.78 is 13.3. The molecule has 0 spiro atoms. The molecule has 122 valence electrons. The van der Waals surface area contributed by atoms with E-state index in [-0.39, 0.29) is 11.7 Å². The van der Waals surface area contributed by atoms with Gasteiger partial charge in [-0.3, -0.25) is 4.79 Å². The van der Waals surface area contributed by atoms with Crippen LogP contribution in [0.4, 0.5) is 4.39 Å². The molecule has 0 aromatic heterocycles. The Morgan fingerprint density at radius 1 is 1.08 bits per heavy atom. The molecule has 0 saturated carbocycles. The normalized spacial score (nSPS) is 17.4. The highest BCUT2D eigenvalue weighted by Gasteiger charge is 2.23. The SMILES string of the molecule is CN1CCC=C(c2cc3c(cc2-c2ccc(F)cc2)C(=O)NC3)C1. The molecule has 0 unspecified atom stereocenters. The molecule has 0 radical (unpaired) electrons. The second kappa shape index (κ2) is 5.87. The molecule has 0 atom stereocenters. The Morgan fingerprint density at radius 2 is 1.88 bits per heavy atom. The highest BCUT2D eigenvalue weighted by Crippen LogP contribution is 2.35. The molecular weight excluding hydrogens is 303 g/mol. The fourth-order valence-corrected chi connectivity index (χ4v) is 3.50. The minimum atomic E-state index is -0.254. The molecule has 4 rings (SSSR count). The van der Waals surface area contributed by atoms with Crippen molar-refractivity contribution in [3.05, 3.63) is 65.0 Å². The van der Waals surface area contributed by atoms with Crippen molar-refractivity contribution in [3.8, 4) is 11.1 Å². The van der Waals surface area contributed by atoms with Gasteiger partial charge in [0.2, 0.25) is 0 Å². The Balaban J connectivity index is 1.89. The van der Waals surface area contributed by atoms with Gasteiger partial charge in [-0.2, -0.15) is 0 Å². The molecule has 1 N–H and O–H groups in total. The van der Waals surface area contributed by atoms with E-state index in [2.05, 4.69) is 29.4 Å². The summed E-state index contributed by atoms with van der Waals surface area (Å²) in [5.41, 5.74) is 6.10. The molecular formula is C20H19FN2O. The van der Waals surface area contributed by atoms with E-state index in [4.69, 9.17) is 0 Å². The van der Waals surface area contributed by atoms with Crippen molar-refractivity contribution in [2.45, 2.75) is 13.0 Å². The van der Waals surface area contributed by atoms with Crippen LogP contribution in [-0.4, -0.2) is 30.9 Å². The molecule has 2 aliphatic heterocycles. The van der Waals surface area contributed by atoms with Crippen LogP contribution < -0.4 is 5.32 Å². The average Bonchev–Trinajstić information content (AvgIpc) is 2.95. The molecule has 0 saturated heterocycles. The summed E-state index contributed by atoms with van der Waals surface area (Å²) in [6.45, 7) is 2.52. The number of hydrogen-bond acceptors (Lipinski definition) is 2. The van der Waals surface area contributed by atoms with Gasteiger partial charge in [-0.1, -0.05) is 18.2 Å². The molecule has 2 aromatic carbocycles. The lowest BCUT2D eigenvalue weighted by Gasteiger charge is -2.25. The monoisotopic (exact) mass is 322 g/mol. The summed E-state index contributed by atoms with van der Waals surface area (Å²) in [4.78, 5) is 14.3. The lowest BCUT2D eigenvalue weighted by Crippen LogP contribution is -2.25. The van der Waals surface area contributed by atoms with Crippen molar-refractivity contribution in [1.82, 2.24) is 10.2 Å². The topological polar surface area (TPSA) is 32.3 Å². The van der Waals surface area contributed by atoms with Gasteiger partial charge in [0.25, 0.3) is 5.91 Å². The number of carbonyl (C=O) groups is 1. The van der Waals surface area contributed by atoms with Crippen LogP contribution in [0.2, 0.25) is 0 Å². The lowest BCUT2D eigenvalue weighted by molar-refractivity contribution is 0.0966. The number of benzene rings is 2. The van der Waals surface area contributed by atoms with Gasteiger partial charge in [0.15, 0.2) is 0 Å². The second-order valence-electron chi connectivity index (χ2n) is 6.50. The van der Waals surface area contributed by atoms with Gasteiger partial charge >= 0.3 is 0 Å². The average molecular weight is 322 g/mol. The third-order valence-electron chi connectivity index (χ3n) is 4.77. The number of fused-ring (bicyclic) bond motifs is 1. The summed E-state index contributed by atoms with van der Waals surface area (Å²) in [6, 6.07) is 10.6. The zero-order valence-corrected chi connectivity index (χ0v) is 13.6. The first kappa shape index (κ1) is 15.1. The van der Waals surface area contributed by atoms with Crippen LogP contribution in [0.15, 0.2) is 42.5 Å². The van der Waals surface area contributed by atoms with Crippen molar-refractivity contribution in [3.63, 3.8) is 0 Å². The van der Waals surface area contributed by atoms with Gasteiger partial charge in [0.1, 0.15) is 5.82 Å². The highest BCUT2D eigenvalue weighted by molar-refractivity contribution is 6.01. The maximum Gasteiger partial charge on any atom is 0.251 e. The third kappa shape index (κ3) is 2.63. The summed E-state index contributed by atoms with van der Waals surface area (Å²) in [6.07, 6.45) is 3.29. The van der Waals surface area contributed by atoms with Gasteiger partial charge < -0.3 is 10.2 Å². The minimum Gasteiger partial charge on any atom is -0.348 e. The van der Waals surface area contributed by atoms with E-state index in [1.54, 1.807) is 12.1 Å². The van der Waals surface area contributed by atoms with E-state index in [9.17, 15) is 9.18 Å². The third-order valence-corrected chi connectivity index (χ3v) is 4.77. The number of likely N-dealkylation sites (N-methyl/N-ethyl adjacent to an activating group) is 1. The first-order chi connectivity index (χ1) is 11.6. The van der Waals surface area contributed by atoms with Crippen molar-refractivity contribution < 1.29 is 9.18 Å². The first-order valence-electron chi connectivity index (χ1n) is 8.21. The number of halogens is 1. The summed E-state index contributed by atoms with van der Waals surface area (Å²) in [5.74, 6) is -0.287. The quantitative estimate of drug-likeness (QED) is 0.918. The van der Waals surface area contributed by atoms with E-state index in [1.165, 1.54) is 17.7 Å². The molecule has 1 amide bonds. The number of rotatable bonds is 2. The van der Waals surface area contributed by atoms with E-state index >= 15 is 0 Å². The minimum absolute atomic E-state index is 0.0327. The molecule has 0 aliphatic carbocycles. The van der Waals surface area contributed by atoms with E-state index < -0.39 is 0 Å². The Kier molecular flexibility index (Phi) is 3.69. The predicted octanol–water partition coefficient (Wildman–Crippen LogP) is 3.46. The Hall–Kier alpha value is -2.46.